The fourth-order valence-corrected chi connectivity index (χ4v) is 5.57. The van der Waals surface area contributed by atoms with Crippen LogP contribution in [0, 0.1) is 11.8 Å². The zero-order valence-electron chi connectivity index (χ0n) is 20.6. The molecular formula is C28H32O8. The number of aromatic hydroxyl groups is 1. The molecule has 5 rings (SSSR count). The van der Waals surface area contributed by atoms with Gasteiger partial charge in [0, 0.05) is 47.5 Å². The average molecular weight is 497 g/mol. The summed E-state index contributed by atoms with van der Waals surface area (Å²) < 4.78 is 28.9. The number of methoxy groups -OCH3 is 3. The molecule has 0 aromatic heterocycles. The van der Waals surface area contributed by atoms with Crippen LogP contribution >= 0.6 is 0 Å². The van der Waals surface area contributed by atoms with E-state index in [0.29, 0.717) is 52.5 Å². The highest BCUT2D eigenvalue weighted by Gasteiger charge is 2.47. The van der Waals surface area contributed by atoms with Crippen molar-refractivity contribution in [2.75, 3.05) is 34.5 Å². The highest BCUT2D eigenvalue weighted by Crippen LogP contribution is 2.52. The van der Waals surface area contributed by atoms with Gasteiger partial charge >= 0.3 is 0 Å². The van der Waals surface area contributed by atoms with Gasteiger partial charge in [0.1, 0.15) is 34.9 Å². The van der Waals surface area contributed by atoms with Crippen LogP contribution in [0.5, 0.6) is 28.7 Å². The van der Waals surface area contributed by atoms with Gasteiger partial charge in [0.15, 0.2) is 0 Å². The molecule has 0 aliphatic carbocycles. The minimum absolute atomic E-state index is 0.114. The molecule has 36 heavy (non-hydrogen) atoms. The van der Waals surface area contributed by atoms with Crippen molar-refractivity contribution in [1.82, 2.24) is 0 Å². The predicted octanol–water partition coefficient (Wildman–Crippen LogP) is 4.14. The molecule has 0 unspecified atom stereocenters. The summed E-state index contributed by atoms with van der Waals surface area (Å²) in [5.41, 5.74) is 1.22. The van der Waals surface area contributed by atoms with E-state index in [1.807, 2.05) is 0 Å². The first-order valence-corrected chi connectivity index (χ1v) is 12.1. The summed E-state index contributed by atoms with van der Waals surface area (Å²) in [6, 6.07) is 12.1. The molecule has 0 radical (unpaired) electrons. The van der Waals surface area contributed by atoms with Gasteiger partial charge in [-0.15, -0.1) is 0 Å². The molecule has 0 bridgehead atoms. The van der Waals surface area contributed by atoms with E-state index in [0.717, 1.165) is 11.8 Å². The van der Waals surface area contributed by atoms with Gasteiger partial charge in [-0.25, -0.2) is 0 Å². The highest BCUT2D eigenvalue weighted by atomic mass is 16.5. The number of ether oxygens (including phenoxy) is 5. The van der Waals surface area contributed by atoms with Crippen LogP contribution < -0.4 is 18.9 Å². The summed E-state index contributed by atoms with van der Waals surface area (Å²) in [6.45, 7) is 0.788. The topological polar surface area (TPSA) is 107 Å². The van der Waals surface area contributed by atoms with Gasteiger partial charge in [0.05, 0.1) is 33.0 Å². The number of rotatable bonds is 7. The highest BCUT2D eigenvalue weighted by molar-refractivity contribution is 5.95. The van der Waals surface area contributed by atoms with Crippen molar-refractivity contribution in [1.29, 1.82) is 0 Å². The minimum atomic E-state index is -0.941. The summed E-state index contributed by atoms with van der Waals surface area (Å²) >= 11 is 0. The van der Waals surface area contributed by atoms with Crippen LogP contribution in [-0.4, -0.2) is 56.0 Å². The zero-order valence-corrected chi connectivity index (χ0v) is 20.6. The Balaban J connectivity index is 1.58. The van der Waals surface area contributed by atoms with Crippen molar-refractivity contribution in [3.8, 4) is 28.7 Å². The minimum Gasteiger partial charge on any atom is -0.508 e. The van der Waals surface area contributed by atoms with Crippen molar-refractivity contribution < 1.29 is 39.0 Å². The van der Waals surface area contributed by atoms with Crippen LogP contribution in [0.15, 0.2) is 42.5 Å². The van der Waals surface area contributed by atoms with Crippen molar-refractivity contribution >= 4 is 10.8 Å². The van der Waals surface area contributed by atoms with Gasteiger partial charge in [-0.2, -0.15) is 0 Å². The molecule has 3 aromatic rings. The molecule has 0 amide bonds. The Morgan fingerprint density at radius 3 is 2.50 bits per heavy atom. The first-order valence-electron chi connectivity index (χ1n) is 12.1. The smallest absolute Gasteiger partial charge is 0.133 e. The summed E-state index contributed by atoms with van der Waals surface area (Å²) in [5.74, 6) is 1.54. The second-order valence-corrected chi connectivity index (χ2v) is 9.36. The summed E-state index contributed by atoms with van der Waals surface area (Å²) in [5, 5.41) is 34.8. The van der Waals surface area contributed by atoms with Crippen molar-refractivity contribution in [2.45, 2.75) is 31.2 Å². The van der Waals surface area contributed by atoms with Gasteiger partial charge in [0.2, 0.25) is 0 Å². The maximum absolute atomic E-state index is 11.8. The van der Waals surface area contributed by atoms with Gasteiger partial charge in [-0.05, 0) is 55.3 Å². The molecule has 0 saturated carbocycles. The molecule has 0 saturated heterocycles. The third-order valence-electron chi connectivity index (χ3n) is 7.37. The Hall–Kier alpha value is -3.20. The first-order chi connectivity index (χ1) is 17.5. The quantitative estimate of drug-likeness (QED) is 0.419. The molecular weight excluding hydrogens is 464 g/mol. The molecule has 0 spiro atoms. The molecule has 8 heteroatoms. The lowest BCUT2D eigenvalue weighted by Gasteiger charge is -2.45. The third-order valence-corrected chi connectivity index (χ3v) is 7.37. The predicted molar refractivity (Wildman–Crippen MR) is 133 cm³/mol. The number of hydrogen-bond acceptors (Lipinski definition) is 8. The van der Waals surface area contributed by atoms with Crippen molar-refractivity contribution in [3.63, 3.8) is 0 Å². The number of benzene rings is 3. The number of phenols is 1. The fraction of sp³-hybridized carbons (Fsp3) is 0.429. The zero-order chi connectivity index (χ0) is 25.4. The fourth-order valence-electron chi connectivity index (χ4n) is 5.57. The summed E-state index contributed by atoms with van der Waals surface area (Å²) in [7, 11) is 4.78. The van der Waals surface area contributed by atoms with Crippen molar-refractivity contribution in [3.05, 3.63) is 53.6 Å². The molecule has 3 aromatic carbocycles. The molecule has 2 heterocycles. The maximum atomic E-state index is 11.8. The standard InChI is InChI=1S/C28H32O8/c1-32-10-4-5-23-25(21-14-35-22-9-7-16(33-2)12-19(22)26(21)30)27(31)20-13-24(34-3)18-11-15(29)6-8-17(18)28(20)36-23/h6-9,11-13,21,23,25-27,29-31H,4-5,10,14H2,1-3H3/t21-,23+,25-,26-,27+/m1/s1. The van der Waals surface area contributed by atoms with E-state index in [4.69, 9.17) is 23.7 Å². The van der Waals surface area contributed by atoms with E-state index in [2.05, 4.69) is 0 Å². The number of hydrogen-bond donors (Lipinski definition) is 3. The van der Waals surface area contributed by atoms with Crippen molar-refractivity contribution in [2.24, 2.45) is 11.8 Å². The number of aliphatic hydroxyl groups excluding tert-OH is 2. The molecule has 2 aliphatic rings. The van der Waals surface area contributed by atoms with Crippen LogP contribution in [-0.2, 0) is 4.74 Å². The monoisotopic (exact) mass is 496 g/mol. The number of aliphatic hydroxyl groups is 2. The second-order valence-electron chi connectivity index (χ2n) is 9.36. The molecule has 8 nitrogen and oxygen atoms in total. The average Bonchev–Trinajstić information content (AvgIpc) is 2.89. The SMILES string of the molecule is COCCC[C@@H]1Oc2c(cc(OC)c3cc(O)ccc23)[C@H](O)[C@@H]1[C@H]1COc2ccc(OC)cc2[C@H]1O. The first kappa shape index (κ1) is 24.5. The molecule has 2 aliphatic heterocycles. The molecule has 192 valence electrons. The van der Waals surface area contributed by atoms with Crippen LogP contribution in [0.1, 0.15) is 36.2 Å². The Morgan fingerprint density at radius 2 is 1.75 bits per heavy atom. The molecule has 0 fully saturated rings. The Kier molecular flexibility index (Phi) is 6.83. The van der Waals surface area contributed by atoms with E-state index in [-0.39, 0.29) is 12.4 Å². The van der Waals surface area contributed by atoms with E-state index in [1.54, 1.807) is 63.8 Å². The number of fused-ring (bicyclic) bond motifs is 4. The van der Waals surface area contributed by atoms with E-state index in [1.165, 1.54) is 0 Å². The summed E-state index contributed by atoms with van der Waals surface area (Å²) in [4.78, 5) is 0. The van der Waals surface area contributed by atoms with Crippen LogP contribution in [0.3, 0.4) is 0 Å². The largest absolute Gasteiger partial charge is 0.508 e. The lowest BCUT2D eigenvalue weighted by Crippen LogP contribution is -2.46. The lowest BCUT2D eigenvalue weighted by molar-refractivity contribution is -0.0882. The molecule has 5 atom stereocenters. The van der Waals surface area contributed by atoms with Gasteiger partial charge in [0.25, 0.3) is 0 Å². The van der Waals surface area contributed by atoms with Gasteiger partial charge < -0.3 is 39.0 Å². The van der Waals surface area contributed by atoms with Crippen LogP contribution in [0.2, 0.25) is 0 Å². The summed E-state index contributed by atoms with van der Waals surface area (Å²) in [6.07, 6.45) is -0.873. The van der Waals surface area contributed by atoms with Crippen LogP contribution in [0.4, 0.5) is 0 Å². The molecule has 3 N–H and O–H groups in total. The Labute approximate surface area is 209 Å². The lowest BCUT2D eigenvalue weighted by atomic mass is 9.72. The third kappa shape index (κ3) is 4.19. The van der Waals surface area contributed by atoms with E-state index in [9.17, 15) is 15.3 Å². The van der Waals surface area contributed by atoms with E-state index >= 15 is 0 Å². The maximum Gasteiger partial charge on any atom is 0.133 e. The Bertz CT molecular complexity index is 1240. The normalized spacial score (nSPS) is 24.9. The van der Waals surface area contributed by atoms with E-state index < -0.39 is 30.1 Å². The van der Waals surface area contributed by atoms with Gasteiger partial charge in [-0.1, -0.05) is 0 Å². The number of phenolic OH excluding ortho intramolecular Hbond substituents is 1. The van der Waals surface area contributed by atoms with Gasteiger partial charge in [-0.3, -0.25) is 0 Å². The Morgan fingerprint density at radius 1 is 0.917 bits per heavy atom. The second kappa shape index (κ2) is 10.0. The van der Waals surface area contributed by atoms with Crippen LogP contribution in [0.25, 0.3) is 10.8 Å².